The normalized spacial score (nSPS) is 12.6. The molecule has 28 heavy (non-hydrogen) atoms. The number of halogens is 1. The van der Waals surface area contributed by atoms with Gasteiger partial charge in [-0.2, -0.15) is 0 Å². The number of benzene rings is 1. The number of guanidine groups is 1. The second-order valence-electron chi connectivity index (χ2n) is 7.78. The zero-order valence-corrected chi connectivity index (χ0v) is 20.4. The van der Waals surface area contributed by atoms with Gasteiger partial charge in [-0.1, -0.05) is 32.0 Å². The average Bonchev–Trinajstić information content (AvgIpc) is 3.01. The minimum Gasteiger partial charge on any atom is -0.361 e. The van der Waals surface area contributed by atoms with Crippen LogP contribution in [0, 0.1) is 5.41 Å². The smallest absolute Gasteiger partial charge is 0.191 e. The standard InChI is InChI=1S/C20H32N4O2S.HI/c1-5-21-19(24-15-20(2,3)11-13-27(4,25)26)22-12-10-16-14-23-18-9-7-6-8-17(16)18;/h6-9,14,23H,5,10-13,15H2,1-4H3,(H2,21,22,24);1H. The molecule has 0 spiro atoms. The van der Waals surface area contributed by atoms with Gasteiger partial charge in [-0.25, -0.2) is 8.42 Å². The fourth-order valence-corrected chi connectivity index (χ4v) is 3.75. The number of aromatic nitrogens is 1. The van der Waals surface area contributed by atoms with Crippen LogP contribution in [0.4, 0.5) is 0 Å². The molecule has 0 atom stereocenters. The van der Waals surface area contributed by atoms with Crippen LogP contribution in [0.1, 0.15) is 32.8 Å². The highest BCUT2D eigenvalue weighted by atomic mass is 127. The van der Waals surface area contributed by atoms with E-state index in [0.717, 1.165) is 31.0 Å². The van der Waals surface area contributed by atoms with Crippen molar-refractivity contribution in [3.8, 4) is 0 Å². The first-order chi connectivity index (χ1) is 12.7. The second kappa shape index (κ2) is 11.0. The van der Waals surface area contributed by atoms with Gasteiger partial charge >= 0.3 is 0 Å². The zero-order chi connectivity index (χ0) is 19.9. The van der Waals surface area contributed by atoms with Crippen LogP contribution in [0.5, 0.6) is 0 Å². The molecule has 0 aliphatic heterocycles. The monoisotopic (exact) mass is 520 g/mol. The summed E-state index contributed by atoms with van der Waals surface area (Å²) in [6.45, 7) is 8.27. The van der Waals surface area contributed by atoms with Crippen LogP contribution in [0.3, 0.4) is 0 Å². The summed E-state index contributed by atoms with van der Waals surface area (Å²) in [6, 6.07) is 8.29. The van der Waals surface area contributed by atoms with Crippen molar-refractivity contribution in [2.45, 2.75) is 33.6 Å². The van der Waals surface area contributed by atoms with Gasteiger partial charge in [0.2, 0.25) is 0 Å². The van der Waals surface area contributed by atoms with E-state index in [4.69, 9.17) is 0 Å². The zero-order valence-electron chi connectivity index (χ0n) is 17.2. The van der Waals surface area contributed by atoms with E-state index in [1.165, 1.54) is 17.2 Å². The molecule has 0 aliphatic rings. The number of hydrogen-bond donors (Lipinski definition) is 3. The minimum atomic E-state index is -2.95. The van der Waals surface area contributed by atoms with E-state index in [1.54, 1.807) is 0 Å². The maximum Gasteiger partial charge on any atom is 0.191 e. The summed E-state index contributed by atoms with van der Waals surface area (Å²) in [4.78, 5) is 7.96. The van der Waals surface area contributed by atoms with Crippen molar-refractivity contribution in [2.24, 2.45) is 10.4 Å². The molecule has 6 nitrogen and oxygen atoms in total. The molecule has 0 radical (unpaired) electrons. The number of nitrogens with zero attached hydrogens (tertiary/aromatic N) is 1. The van der Waals surface area contributed by atoms with E-state index >= 15 is 0 Å². The number of rotatable bonds is 9. The topological polar surface area (TPSA) is 86.3 Å². The number of fused-ring (bicyclic) bond motifs is 1. The Balaban J connectivity index is 0.00000392. The lowest BCUT2D eigenvalue weighted by Crippen LogP contribution is -2.39. The molecule has 2 aromatic rings. The SMILES string of the molecule is CCNC(=NCC(C)(C)CCS(C)(=O)=O)NCCc1c[nH]c2ccccc12.I. The maximum atomic E-state index is 11.4. The maximum absolute atomic E-state index is 11.4. The number of sulfone groups is 1. The number of aliphatic imine (C=N–C) groups is 1. The van der Waals surface area contributed by atoms with E-state index in [9.17, 15) is 8.42 Å². The van der Waals surface area contributed by atoms with E-state index in [-0.39, 0.29) is 35.1 Å². The highest BCUT2D eigenvalue weighted by molar-refractivity contribution is 14.0. The molecule has 0 amide bonds. The summed E-state index contributed by atoms with van der Waals surface area (Å²) in [6.07, 6.45) is 4.84. The van der Waals surface area contributed by atoms with Crippen LogP contribution in [-0.2, 0) is 16.3 Å². The molecule has 0 saturated carbocycles. The Morgan fingerprint density at radius 2 is 1.93 bits per heavy atom. The predicted molar refractivity (Wildman–Crippen MR) is 130 cm³/mol. The van der Waals surface area contributed by atoms with Gasteiger partial charge in [0.25, 0.3) is 0 Å². The fraction of sp³-hybridized carbons (Fsp3) is 0.550. The molecular weight excluding hydrogens is 487 g/mol. The van der Waals surface area contributed by atoms with Crippen LogP contribution >= 0.6 is 24.0 Å². The predicted octanol–water partition coefficient (Wildman–Crippen LogP) is 3.34. The lowest BCUT2D eigenvalue weighted by atomic mass is 9.90. The van der Waals surface area contributed by atoms with Crippen molar-refractivity contribution in [2.75, 3.05) is 31.6 Å². The van der Waals surface area contributed by atoms with E-state index < -0.39 is 9.84 Å². The summed E-state index contributed by atoms with van der Waals surface area (Å²) in [5.74, 6) is 0.963. The molecule has 158 valence electrons. The molecule has 0 aliphatic carbocycles. The van der Waals surface area contributed by atoms with Gasteiger partial charge in [-0.15, -0.1) is 24.0 Å². The van der Waals surface area contributed by atoms with Crippen molar-refractivity contribution in [3.05, 3.63) is 36.0 Å². The minimum absolute atomic E-state index is 0. The van der Waals surface area contributed by atoms with Gasteiger partial charge in [-0.05, 0) is 36.8 Å². The van der Waals surface area contributed by atoms with Crippen molar-refractivity contribution < 1.29 is 8.42 Å². The quantitative estimate of drug-likeness (QED) is 0.269. The molecule has 0 fully saturated rings. The first-order valence-corrected chi connectivity index (χ1v) is 11.5. The van der Waals surface area contributed by atoms with E-state index in [2.05, 4.69) is 58.9 Å². The van der Waals surface area contributed by atoms with Gasteiger partial charge in [0.15, 0.2) is 5.96 Å². The Labute approximate surface area is 185 Å². The molecule has 3 N–H and O–H groups in total. The summed E-state index contributed by atoms with van der Waals surface area (Å²) in [5, 5.41) is 7.89. The number of nitrogens with one attached hydrogen (secondary N) is 3. The van der Waals surface area contributed by atoms with Crippen LogP contribution in [-0.4, -0.2) is 51.0 Å². The largest absolute Gasteiger partial charge is 0.361 e. The molecule has 1 aromatic heterocycles. The first-order valence-electron chi connectivity index (χ1n) is 9.45. The molecule has 0 bridgehead atoms. The summed E-state index contributed by atoms with van der Waals surface area (Å²) < 4.78 is 22.8. The molecule has 0 saturated heterocycles. The molecule has 2 rings (SSSR count). The number of H-pyrrole nitrogens is 1. The van der Waals surface area contributed by atoms with Crippen molar-refractivity contribution >= 4 is 50.7 Å². The summed E-state index contributed by atoms with van der Waals surface area (Å²) in [7, 11) is -2.95. The lowest BCUT2D eigenvalue weighted by molar-refractivity contribution is 0.365. The van der Waals surface area contributed by atoms with Gasteiger partial charge in [0.05, 0.1) is 5.75 Å². The van der Waals surface area contributed by atoms with Crippen LogP contribution < -0.4 is 10.6 Å². The Hall–Kier alpha value is -1.29. The van der Waals surface area contributed by atoms with Gasteiger partial charge in [0.1, 0.15) is 9.84 Å². The first kappa shape index (κ1) is 24.7. The summed E-state index contributed by atoms with van der Waals surface area (Å²) in [5.41, 5.74) is 2.27. The van der Waals surface area contributed by atoms with E-state index in [1.807, 2.05) is 13.0 Å². The highest BCUT2D eigenvalue weighted by Crippen LogP contribution is 2.21. The van der Waals surface area contributed by atoms with Gasteiger partial charge in [0, 0.05) is 43.0 Å². The molecule has 1 heterocycles. The Morgan fingerprint density at radius 3 is 2.61 bits per heavy atom. The number of para-hydroxylation sites is 1. The Kier molecular flexibility index (Phi) is 9.76. The Morgan fingerprint density at radius 1 is 1.21 bits per heavy atom. The third-order valence-corrected chi connectivity index (χ3v) is 5.47. The van der Waals surface area contributed by atoms with Crippen LogP contribution in [0.15, 0.2) is 35.5 Å². The van der Waals surface area contributed by atoms with Crippen molar-refractivity contribution in [1.82, 2.24) is 15.6 Å². The van der Waals surface area contributed by atoms with Crippen molar-refractivity contribution in [1.29, 1.82) is 0 Å². The number of aromatic amines is 1. The molecule has 1 aromatic carbocycles. The fourth-order valence-electron chi connectivity index (χ4n) is 2.83. The number of hydrogen-bond acceptors (Lipinski definition) is 3. The van der Waals surface area contributed by atoms with Gasteiger partial charge < -0.3 is 15.6 Å². The lowest BCUT2D eigenvalue weighted by Gasteiger charge is -2.22. The molecular formula is C20H33IN4O2S. The van der Waals surface area contributed by atoms with Crippen molar-refractivity contribution in [3.63, 3.8) is 0 Å². The van der Waals surface area contributed by atoms with Crippen LogP contribution in [0.25, 0.3) is 10.9 Å². The third kappa shape index (κ3) is 8.38. The van der Waals surface area contributed by atoms with E-state index in [0.29, 0.717) is 13.0 Å². The van der Waals surface area contributed by atoms with Crippen LogP contribution in [0.2, 0.25) is 0 Å². The van der Waals surface area contributed by atoms with Gasteiger partial charge in [-0.3, -0.25) is 4.99 Å². The molecule has 8 heteroatoms. The summed E-state index contributed by atoms with van der Waals surface area (Å²) >= 11 is 0. The Bertz CT molecular complexity index is 875. The second-order valence-corrected chi connectivity index (χ2v) is 10.0. The molecule has 0 unspecified atom stereocenters. The third-order valence-electron chi connectivity index (χ3n) is 4.52. The average molecular weight is 520 g/mol. The highest BCUT2D eigenvalue weighted by Gasteiger charge is 2.20.